The van der Waals surface area contributed by atoms with Crippen LogP contribution >= 0.6 is 0 Å². The van der Waals surface area contributed by atoms with Crippen molar-refractivity contribution in [3.05, 3.63) is 35.9 Å². The average molecular weight is 379 g/mol. The number of aromatic hydroxyl groups is 1. The highest BCUT2D eigenvalue weighted by Gasteiger charge is 2.22. The van der Waals surface area contributed by atoms with Crippen LogP contribution in [0.5, 0.6) is 17.4 Å². The third-order valence-electron chi connectivity index (χ3n) is 4.25. The number of nitrogens with zero attached hydrogens (tertiary/aromatic N) is 1. The molecule has 1 aromatic heterocycles. The topological polar surface area (TPSA) is 88.9 Å². The highest BCUT2D eigenvalue weighted by Crippen LogP contribution is 2.34. The van der Waals surface area contributed by atoms with E-state index in [1.54, 1.807) is 0 Å². The van der Waals surface area contributed by atoms with E-state index in [0.29, 0.717) is 0 Å². The summed E-state index contributed by atoms with van der Waals surface area (Å²) in [6.07, 6.45) is 2.79. The zero-order valence-corrected chi connectivity index (χ0v) is 14.5. The first-order valence-electron chi connectivity index (χ1n) is 8.64. The normalized spacial score (nSPS) is 13.9. The molecule has 2 N–H and O–H groups in total. The molecular formula is C19H19F2NO5. The number of hydrogen-bond acceptors (Lipinski definition) is 5. The number of pyridine rings is 1. The lowest BCUT2D eigenvalue weighted by Gasteiger charge is -2.26. The van der Waals surface area contributed by atoms with Crippen molar-refractivity contribution in [3.8, 4) is 28.6 Å². The molecule has 1 aliphatic rings. The second-order valence-electron chi connectivity index (χ2n) is 6.31. The molecule has 144 valence electrons. The molecule has 0 unspecified atom stereocenters. The Bertz CT molecular complexity index is 816. The Morgan fingerprint density at radius 3 is 2.52 bits per heavy atom. The molecule has 1 fully saturated rings. The van der Waals surface area contributed by atoms with Gasteiger partial charge in [0.25, 0.3) is 5.88 Å². The van der Waals surface area contributed by atoms with Crippen LogP contribution in [0.1, 0.15) is 32.1 Å². The van der Waals surface area contributed by atoms with Crippen molar-refractivity contribution in [1.82, 2.24) is 4.98 Å². The van der Waals surface area contributed by atoms with Crippen LogP contribution in [0.4, 0.5) is 8.78 Å². The molecule has 0 saturated heterocycles. The van der Waals surface area contributed by atoms with Gasteiger partial charge in [-0.15, -0.1) is 0 Å². The number of rotatable bonds is 8. The van der Waals surface area contributed by atoms with Crippen molar-refractivity contribution in [2.45, 2.75) is 38.2 Å². The summed E-state index contributed by atoms with van der Waals surface area (Å²) < 4.78 is 39.1. The predicted octanol–water partition coefficient (Wildman–Crippen LogP) is 3.91. The summed E-state index contributed by atoms with van der Waals surface area (Å²) in [5, 5.41) is 18.4. The fourth-order valence-electron chi connectivity index (χ4n) is 2.57. The second kappa shape index (κ2) is 8.20. The first-order valence-corrected chi connectivity index (χ1v) is 8.64. The molecule has 1 aliphatic carbocycles. The highest BCUT2D eigenvalue weighted by molar-refractivity contribution is 5.66. The van der Waals surface area contributed by atoms with Gasteiger partial charge in [-0.05, 0) is 49.9 Å². The van der Waals surface area contributed by atoms with Crippen LogP contribution in [0.25, 0.3) is 11.3 Å². The minimum atomic E-state index is -1.01. The molecule has 0 aliphatic heterocycles. The second-order valence-corrected chi connectivity index (χ2v) is 6.31. The lowest BCUT2D eigenvalue weighted by molar-refractivity contribution is -0.137. The minimum Gasteiger partial charge on any atom is -0.503 e. The van der Waals surface area contributed by atoms with Crippen LogP contribution in [-0.4, -0.2) is 33.9 Å². The van der Waals surface area contributed by atoms with E-state index in [1.165, 1.54) is 12.1 Å². The molecule has 1 saturated carbocycles. The van der Waals surface area contributed by atoms with Gasteiger partial charge in [0.15, 0.2) is 23.1 Å². The van der Waals surface area contributed by atoms with E-state index in [9.17, 15) is 18.7 Å². The van der Waals surface area contributed by atoms with Crippen LogP contribution in [0.3, 0.4) is 0 Å². The van der Waals surface area contributed by atoms with E-state index in [2.05, 4.69) is 4.98 Å². The van der Waals surface area contributed by atoms with Crippen molar-refractivity contribution >= 4 is 5.97 Å². The number of carboxylic acids is 1. The zero-order chi connectivity index (χ0) is 19.4. The van der Waals surface area contributed by atoms with Crippen LogP contribution in [-0.2, 0) is 4.79 Å². The number of ether oxygens (including phenoxy) is 2. The minimum absolute atomic E-state index is 0.00583. The van der Waals surface area contributed by atoms with Gasteiger partial charge in [0.2, 0.25) is 0 Å². The number of carboxylic acid groups (broad SMARTS) is 1. The van der Waals surface area contributed by atoms with E-state index in [1.807, 2.05) is 0 Å². The highest BCUT2D eigenvalue weighted by atomic mass is 19.1. The van der Waals surface area contributed by atoms with Gasteiger partial charge in [0, 0.05) is 12.0 Å². The molecule has 0 bridgehead atoms. The summed E-state index contributed by atoms with van der Waals surface area (Å²) in [7, 11) is 0. The summed E-state index contributed by atoms with van der Waals surface area (Å²) in [6, 6.07) is 4.94. The SMILES string of the molecule is O=C(O)CCCOc1c(F)cc(-c2ccc(O)c(OC3CCC3)n2)cc1F. The molecule has 0 spiro atoms. The Labute approximate surface area is 154 Å². The number of benzene rings is 1. The van der Waals surface area contributed by atoms with Gasteiger partial charge >= 0.3 is 5.97 Å². The van der Waals surface area contributed by atoms with Gasteiger partial charge in [0.1, 0.15) is 6.10 Å². The van der Waals surface area contributed by atoms with Crippen LogP contribution in [0, 0.1) is 11.6 Å². The molecule has 0 radical (unpaired) electrons. The van der Waals surface area contributed by atoms with Crippen molar-refractivity contribution in [2.75, 3.05) is 6.61 Å². The van der Waals surface area contributed by atoms with E-state index in [0.717, 1.165) is 31.4 Å². The van der Waals surface area contributed by atoms with E-state index < -0.39 is 23.4 Å². The lowest BCUT2D eigenvalue weighted by Crippen LogP contribution is -2.25. The third kappa shape index (κ3) is 4.64. The lowest BCUT2D eigenvalue weighted by atomic mass is 9.96. The zero-order valence-electron chi connectivity index (χ0n) is 14.5. The summed E-state index contributed by atoms with van der Waals surface area (Å²) >= 11 is 0. The Balaban J connectivity index is 1.76. The Morgan fingerprint density at radius 1 is 1.22 bits per heavy atom. The van der Waals surface area contributed by atoms with Crippen LogP contribution < -0.4 is 9.47 Å². The number of carbonyl (C=O) groups is 1. The fraction of sp³-hybridized carbons (Fsp3) is 0.368. The van der Waals surface area contributed by atoms with E-state index in [-0.39, 0.29) is 48.4 Å². The van der Waals surface area contributed by atoms with Gasteiger partial charge in [-0.1, -0.05) is 0 Å². The maximum atomic E-state index is 14.2. The number of aromatic nitrogens is 1. The van der Waals surface area contributed by atoms with E-state index >= 15 is 0 Å². The summed E-state index contributed by atoms with van der Waals surface area (Å²) in [5.74, 6) is -3.51. The van der Waals surface area contributed by atoms with Crippen molar-refractivity contribution in [2.24, 2.45) is 0 Å². The molecule has 8 heteroatoms. The quantitative estimate of drug-likeness (QED) is 0.676. The monoisotopic (exact) mass is 379 g/mol. The number of aliphatic carboxylic acids is 1. The fourth-order valence-corrected chi connectivity index (χ4v) is 2.57. The molecular weight excluding hydrogens is 360 g/mol. The maximum absolute atomic E-state index is 14.2. The van der Waals surface area contributed by atoms with Gasteiger partial charge < -0.3 is 19.7 Å². The summed E-state index contributed by atoms with van der Waals surface area (Å²) in [5.41, 5.74) is 0.415. The molecule has 2 aromatic rings. The Morgan fingerprint density at radius 2 is 1.93 bits per heavy atom. The van der Waals surface area contributed by atoms with Crippen molar-refractivity contribution < 1.29 is 33.3 Å². The average Bonchev–Trinajstić information content (AvgIpc) is 2.57. The summed E-state index contributed by atoms with van der Waals surface area (Å²) in [6.45, 7) is -0.115. The summed E-state index contributed by atoms with van der Waals surface area (Å²) in [4.78, 5) is 14.6. The van der Waals surface area contributed by atoms with Crippen molar-refractivity contribution in [1.29, 1.82) is 0 Å². The van der Waals surface area contributed by atoms with Gasteiger partial charge in [-0.3, -0.25) is 4.79 Å². The molecule has 0 atom stereocenters. The van der Waals surface area contributed by atoms with Crippen LogP contribution in [0.15, 0.2) is 24.3 Å². The van der Waals surface area contributed by atoms with Gasteiger partial charge in [-0.25, -0.2) is 13.8 Å². The number of halogens is 2. The predicted molar refractivity (Wildman–Crippen MR) is 91.9 cm³/mol. The molecule has 6 nitrogen and oxygen atoms in total. The first kappa shape index (κ1) is 18.9. The largest absolute Gasteiger partial charge is 0.503 e. The maximum Gasteiger partial charge on any atom is 0.303 e. The van der Waals surface area contributed by atoms with Gasteiger partial charge in [-0.2, -0.15) is 0 Å². The Hall–Kier alpha value is -2.90. The van der Waals surface area contributed by atoms with Gasteiger partial charge in [0.05, 0.1) is 12.3 Å². The number of hydrogen-bond donors (Lipinski definition) is 2. The van der Waals surface area contributed by atoms with Crippen LogP contribution in [0.2, 0.25) is 0 Å². The third-order valence-corrected chi connectivity index (χ3v) is 4.25. The molecule has 1 aromatic carbocycles. The smallest absolute Gasteiger partial charge is 0.303 e. The molecule has 0 amide bonds. The first-order chi connectivity index (χ1) is 12.9. The standard InChI is InChI=1S/C19H19F2NO5/c20-13-9-11(10-14(21)18(13)26-8-2-5-17(24)25)15-6-7-16(23)19(22-15)27-12-3-1-4-12/h6-7,9-10,12,23H,1-5,8H2,(H,24,25). The molecule has 3 rings (SSSR count). The van der Waals surface area contributed by atoms with E-state index in [4.69, 9.17) is 14.6 Å². The molecule has 27 heavy (non-hydrogen) atoms. The molecule has 1 heterocycles. The van der Waals surface area contributed by atoms with Crippen molar-refractivity contribution in [3.63, 3.8) is 0 Å². The Kier molecular flexibility index (Phi) is 5.73.